The summed E-state index contributed by atoms with van der Waals surface area (Å²) in [6.07, 6.45) is -0.689. The van der Waals surface area contributed by atoms with E-state index in [0.717, 1.165) is 4.90 Å². The van der Waals surface area contributed by atoms with Crippen LogP contribution in [0.3, 0.4) is 0 Å². The Balaban J connectivity index is 2.13. The van der Waals surface area contributed by atoms with E-state index in [2.05, 4.69) is 0 Å². The van der Waals surface area contributed by atoms with Gasteiger partial charge < -0.3 is 4.74 Å². The SMILES string of the molecule is CC(=O)OC1CC(=O)N1C(=O)c1ccccc1. The van der Waals surface area contributed by atoms with Crippen molar-refractivity contribution in [3.05, 3.63) is 35.9 Å². The number of β-lactam (4-membered cyclic amide) rings is 1. The number of carbonyl (C=O) groups is 3. The number of ether oxygens (including phenoxy) is 1. The molecule has 17 heavy (non-hydrogen) atoms. The lowest BCUT2D eigenvalue weighted by atomic mass is 10.1. The number of imide groups is 1. The van der Waals surface area contributed by atoms with Gasteiger partial charge in [-0.25, -0.2) is 4.90 Å². The molecule has 0 N–H and O–H groups in total. The van der Waals surface area contributed by atoms with Crippen LogP contribution in [0, 0.1) is 0 Å². The smallest absolute Gasteiger partial charge is 0.304 e. The molecule has 0 saturated carbocycles. The number of carbonyl (C=O) groups excluding carboxylic acids is 3. The Bertz CT molecular complexity index is 469. The molecule has 1 atom stereocenters. The standard InChI is InChI=1S/C12H11NO4/c1-8(14)17-11-7-10(15)13(11)12(16)9-5-3-2-4-6-9/h2-6,11H,7H2,1H3. The van der Waals surface area contributed by atoms with Gasteiger partial charge in [-0.1, -0.05) is 18.2 Å². The zero-order chi connectivity index (χ0) is 12.4. The minimum Gasteiger partial charge on any atom is -0.441 e. The molecule has 1 unspecified atom stereocenters. The summed E-state index contributed by atoms with van der Waals surface area (Å²) < 4.78 is 4.86. The zero-order valence-electron chi connectivity index (χ0n) is 9.25. The van der Waals surface area contributed by atoms with E-state index < -0.39 is 18.1 Å². The van der Waals surface area contributed by atoms with E-state index in [4.69, 9.17) is 4.74 Å². The van der Waals surface area contributed by atoms with Crippen LogP contribution in [0.5, 0.6) is 0 Å². The highest BCUT2D eigenvalue weighted by Crippen LogP contribution is 2.23. The molecule has 1 aromatic rings. The van der Waals surface area contributed by atoms with Gasteiger partial charge in [0.2, 0.25) is 5.91 Å². The van der Waals surface area contributed by atoms with Crippen LogP contribution in [-0.4, -0.2) is 28.9 Å². The lowest BCUT2D eigenvalue weighted by Gasteiger charge is -2.37. The van der Waals surface area contributed by atoms with E-state index >= 15 is 0 Å². The summed E-state index contributed by atoms with van der Waals surface area (Å²) in [6, 6.07) is 8.41. The fourth-order valence-corrected chi connectivity index (χ4v) is 1.64. The number of hydrogen-bond acceptors (Lipinski definition) is 4. The monoisotopic (exact) mass is 233 g/mol. The average molecular weight is 233 g/mol. The molecule has 1 heterocycles. The molecule has 0 spiro atoms. The largest absolute Gasteiger partial charge is 0.441 e. The maximum absolute atomic E-state index is 11.9. The van der Waals surface area contributed by atoms with Crippen LogP contribution in [0.15, 0.2) is 30.3 Å². The van der Waals surface area contributed by atoms with Gasteiger partial charge in [0.05, 0.1) is 6.42 Å². The van der Waals surface area contributed by atoms with Gasteiger partial charge in [-0.3, -0.25) is 14.4 Å². The maximum atomic E-state index is 11.9. The fourth-order valence-electron chi connectivity index (χ4n) is 1.64. The van der Waals surface area contributed by atoms with Crippen LogP contribution in [0.4, 0.5) is 0 Å². The van der Waals surface area contributed by atoms with Crippen molar-refractivity contribution in [2.75, 3.05) is 0 Å². The topological polar surface area (TPSA) is 63.7 Å². The number of hydrogen-bond donors (Lipinski definition) is 0. The zero-order valence-corrected chi connectivity index (χ0v) is 9.25. The summed E-state index contributed by atoms with van der Waals surface area (Å²) in [6.45, 7) is 1.24. The van der Waals surface area contributed by atoms with Gasteiger partial charge in [-0.2, -0.15) is 0 Å². The molecule has 2 amide bonds. The van der Waals surface area contributed by atoms with Crippen molar-refractivity contribution in [2.45, 2.75) is 19.6 Å². The summed E-state index contributed by atoms with van der Waals surface area (Å²) in [7, 11) is 0. The quantitative estimate of drug-likeness (QED) is 0.433. The third kappa shape index (κ3) is 2.18. The minimum atomic E-state index is -0.757. The van der Waals surface area contributed by atoms with Crippen LogP contribution in [0.1, 0.15) is 23.7 Å². The predicted octanol–water partition coefficient (Wildman–Crippen LogP) is 0.948. The first-order valence-corrected chi connectivity index (χ1v) is 5.18. The molecule has 1 aromatic carbocycles. The number of amides is 2. The molecule has 5 nitrogen and oxygen atoms in total. The molecule has 88 valence electrons. The summed E-state index contributed by atoms with van der Waals surface area (Å²) in [5, 5.41) is 0. The number of nitrogens with zero attached hydrogens (tertiary/aromatic N) is 1. The van der Waals surface area contributed by atoms with Crippen molar-refractivity contribution in [3.63, 3.8) is 0 Å². The first kappa shape index (κ1) is 11.3. The second-order valence-electron chi connectivity index (χ2n) is 3.70. The second-order valence-corrected chi connectivity index (χ2v) is 3.70. The van der Waals surface area contributed by atoms with Gasteiger partial charge in [0, 0.05) is 12.5 Å². The molecular formula is C12H11NO4. The van der Waals surface area contributed by atoms with Crippen molar-refractivity contribution >= 4 is 17.8 Å². The van der Waals surface area contributed by atoms with Crippen LogP contribution in [0.25, 0.3) is 0 Å². The summed E-state index contributed by atoms with van der Waals surface area (Å²) in [5.41, 5.74) is 0.401. The first-order chi connectivity index (χ1) is 8.09. The van der Waals surface area contributed by atoms with Gasteiger partial charge in [0.1, 0.15) is 0 Å². The highest BCUT2D eigenvalue weighted by atomic mass is 16.6. The summed E-state index contributed by atoms with van der Waals surface area (Å²) >= 11 is 0. The van der Waals surface area contributed by atoms with Crippen molar-refractivity contribution < 1.29 is 19.1 Å². The van der Waals surface area contributed by atoms with E-state index in [1.807, 2.05) is 0 Å². The van der Waals surface area contributed by atoms with Gasteiger partial charge in [-0.15, -0.1) is 0 Å². The molecule has 0 aliphatic carbocycles. The number of esters is 1. The fraction of sp³-hybridized carbons (Fsp3) is 0.250. The van der Waals surface area contributed by atoms with Crippen molar-refractivity contribution in [3.8, 4) is 0 Å². The lowest BCUT2D eigenvalue weighted by Crippen LogP contribution is -2.57. The predicted molar refractivity (Wildman–Crippen MR) is 57.8 cm³/mol. The van der Waals surface area contributed by atoms with Crippen LogP contribution >= 0.6 is 0 Å². The Kier molecular flexibility index (Phi) is 2.91. The Morgan fingerprint density at radius 3 is 2.47 bits per heavy atom. The molecule has 1 fully saturated rings. The molecule has 5 heteroatoms. The Hall–Kier alpha value is -2.17. The van der Waals surface area contributed by atoms with Crippen molar-refractivity contribution in [2.24, 2.45) is 0 Å². The van der Waals surface area contributed by atoms with E-state index in [0.29, 0.717) is 5.56 Å². The molecule has 0 radical (unpaired) electrons. The van der Waals surface area contributed by atoms with E-state index in [9.17, 15) is 14.4 Å². The molecule has 2 rings (SSSR count). The van der Waals surface area contributed by atoms with Gasteiger partial charge in [0.25, 0.3) is 5.91 Å². The number of rotatable bonds is 2. The third-order valence-corrected chi connectivity index (χ3v) is 2.45. The highest BCUT2D eigenvalue weighted by Gasteiger charge is 2.43. The van der Waals surface area contributed by atoms with Gasteiger partial charge in [-0.05, 0) is 12.1 Å². The van der Waals surface area contributed by atoms with Gasteiger partial charge >= 0.3 is 5.97 Å². The molecule has 1 aliphatic rings. The number of benzene rings is 1. The number of likely N-dealkylation sites (tertiary alicyclic amines) is 1. The average Bonchev–Trinajstić information content (AvgIpc) is 2.28. The Morgan fingerprint density at radius 2 is 1.94 bits per heavy atom. The molecule has 1 saturated heterocycles. The highest BCUT2D eigenvalue weighted by molar-refractivity contribution is 6.08. The first-order valence-electron chi connectivity index (χ1n) is 5.18. The molecule has 0 aromatic heterocycles. The minimum absolute atomic E-state index is 0.0676. The molecular weight excluding hydrogens is 222 g/mol. The summed E-state index contributed by atoms with van der Waals surface area (Å²) in [5.74, 6) is -1.27. The second kappa shape index (κ2) is 4.37. The van der Waals surface area contributed by atoms with Crippen molar-refractivity contribution in [1.29, 1.82) is 0 Å². The van der Waals surface area contributed by atoms with Crippen LogP contribution in [-0.2, 0) is 14.3 Å². The lowest BCUT2D eigenvalue weighted by molar-refractivity contribution is -0.175. The third-order valence-electron chi connectivity index (χ3n) is 2.45. The van der Waals surface area contributed by atoms with Crippen LogP contribution in [0.2, 0.25) is 0 Å². The maximum Gasteiger partial charge on any atom is 0.304 e. The van der Waals surface area contributed by atoms with Crippen molar-refractivity contribution in [1.82, 2.24) is 4.90 Å². The van der Waals surface area contributed by atoms with Gasteiger partial charge in [0.15, 0.2) is 6.23 Å². The molecule has 1 aliphatic heterocycles. The Morgan fingerprint density at radius 1 is 1.29 bits per heavy atom. The van der Waals surface area contributed by atoms with E-state index in [-0.39, 0.29) is 12.3 Å². The van der Waals surface area contributed by atoms with Crippen LogP contribution < -0.4 is 0 Å². The van der Waals surface area contributed by atoms with E-state index in [1.54, 1.807) is 30.3 Å². The Labute approximate surface area is 98.0 Å². The van der Waals surface area contributed by atoms with E-state index in [1.165, 1.54) is 6.92 Å². The normalized spacial score (nSPS) is 18.5. The summed E-state index contributed by atoms with van der Waals surface area (Å²) in [4.78, 5) is 35.0. The molecule has 0 bridgehead atoms.